The van der Waals surface area contributed by atoms with Crippen molar-refractivity contribution in [3.63, 3.8) is 0 Å². The number of H-pyrrole nitrogens is 1. The van der Waals surface area contributed by atoms with Crippen molar-refractivity contribution in [2.45, 2.75) is 19.3 Å². The smallest absolute Gasteiger partial charge is 0.331 e. The lowest BCUT2D eigenvalue weighted by Crippen LogP contribution is -2.35. The molecule has 0 saturated carbocycles. The third-order valence-electron chi connectivity index (χ3n) is 2.49. The van der Waals surface area contributed by atoms with Crippen molar-refractivity contribution < 1.29 is 9.84 Å². The van der Waals surface area contributed by atoms with Crippen molar-refractivity contribution in [2.24, 2.45) is 0 Å². The van der Waals surface area contributed by atoms with Crippen LogP contribution in [-0.4, -0.2) is 20.8 Å². The first kappa shape index (κ1) is 11.2. The molecule has 1 aromatic rings. The third kappa shape index (κ3) is 1.74. The van der Waals surface area contributed by atoms with Gasteiger partial charge in [0.25, 0.3) is 5.56 Å². The quantitative estimate of drug-likeness (QED) is 0.664. The van der Waals surface area contributed by atoms with Gasteiger partial charge in [-0.2, -0.15) is 5.26 Å². The third-order valence-corrected chi connectivity index (χ3v) is 2.49. The second-order valence-electron chi connectivity index (χ2n) is 3.55. The van der Waals surface area contributed by atoms with E-state index in [4.69, 9.17) is 10.00 Å². The van der Waals surface area contributed by atoms with E-state index in [1.807, 2.05) is 11.1 Å². The van der Waals surface area contributed by atoms with Crippen LogP contribution in [-0.2, 0) is 4.74 Å². The van der Waals surface area contributed by atoms with E-state index in [9.17, 15) is 14.7 Å². The highest BCUT2D eigenvalue weighted by atomic mass is 16.5. The summed E-state index contributed by atoms with van der Waals surface area (Å²) in [5.74, 6) is 0.267. The Morgan fingerprint density at radius 3 is 2.82 bits per heavy atom. The molecule has 0 unspecified atom stereocenters. The zero-order valence-electron chi connectivity index (χ0n) is 8.88. The highest BCUT2D eigenvalue weighted by Gasteiger charge is 2.35. The highest BCUT2D eigenvalue weighted by Crippen LogP contribution is 2.30. The summed E-state index contributed by atoms with van der Waals surface area (Å²) in [6, 6.07) is 2.95. The molecule has 0 radical (unpaired) electrons. The first-order valence-electron chi connectivity index (χ1n) is 4.81. The fourth-order valence-corrected chi connectivity index (χ4v) is 1.64. The van der Waals surface area contributed by atoms with Crippen LogP contribution in [0.4, 0.5) is 0 Å². The van der Waals surface area contributed by atoms with Gasteiger partial charge < -0.3 is 9.84 Å². The molecule has 7 heteroatoms. The van der Waals surface area contributed by atoms with Gasteiger partial charge in [-0.25, -0.2) is 4.79 Å². The summed E-state index contributed by atoms with van der Waals surface area (Å²) in [5.41, 5.74) is -1.16. The van der Waals surface area contributed by atoms with Gasteiger partial charge in [-0.05, 0) is 6.92 Å². The molecule has 0 aliphatic carbocycles. The maximum atomic E-state index is 11.5. The molecular weight excluding hydrogens is 226 g/mol. The Balaban J connectivity index is 2.43. The fraction of sp³-hybridized carbons (Fsp3) is 0.300. The molecule has 17 heavy (non-hydrogen) atoms. The van der Waals surface area contributed by atoms with Gasteiger partial charge in [-0.15, -0.1) is 0 Å². The van der Waals surface area contributed by atoms with Crippen molar-refractivity contribution in [3.05, 3.63) is 44.4 Å². The topological polar surface area (TPSA) is 108 Å². The van der Waals surface area contributed by atoms with Crippen LogP contribution in [0.1, 0.15) is 13.2 Å². The van der Waals surface area contributed by atoms with Gasteiger partial charge in [0, 0.05) is 12.3 Å². The maximum Gasteiger partial charge on any atom is 0.331 e. The lowest BCUT2D eigenvalue weighted by molar-refractivity contribution is -0.00339. The molecular formula is C10H9N3O4. The Bertz CT molecular complexity index is 634. The molecule has 0 bridgehead atoms. The maximum absolute atomic E-state index is 11.5. The van der Waals surface area contributed by atoms with E-state index in [1.54, 1.807) is 0 Å². The van der Waals surface area contributed by atoms with Crippen molar-refractivity contribution in [1.29, 1.82) is 5.26 Å². The highest BCUT2D eigenvalue weighted by molar-refractivity contribution is 5.31. The average Bonchev–Trinajstić information content (AvgIpc) is 2.54. The number of nitrogens with zero attached hydrogens (tertiary/aromatic N) is 2. The molecule has 2 atom stereocenters. The van der Waals surface area contributed by atoms with Crippen LogP contribution >= 0.6 is 0 Å². The van der Waals surface area contributed by atoms with Gasteiger partial charge in [0.1, 0.15) is 23.5 Å². The number of allylic oxidation sites excluding steroid dienone is 1. The molecule has 2 rings (SSSR count). The number of ether oxygens (including phenoxy) is 1. The summed E-state index contributed by atoms with van der Waals surface area (Å²) in [4.78, 5) is 24.4. The number of hydrogen-bond donors (Lipinski definition) is 2. The van der Waals surface area contributed by atoms with Crippen LogP contribution in [0.25, 0.3) is 0 Å². The molecule has 0 spiro atoms. The lowest BCUT2D eigenvalue weighted by Gasteiger charge is -2.17. The number of aliphatic hydroxyl groups is 1. The second-order valence-corrected chi connectivity index (χ2v) is 3.55. The minimum absolute atomic E-state index is 0.0769. The largest absolute Gasteiger partial charge is 0.470 e. The van der Waals surface area contributed by atoms with Crippen molar-refractivity contribution in [2.75, 3.05) is 0 Å². The first-order valence-corrected chi connectivity index (χ1v) is 4.81. The van der Waals surface area contributed by atoms with E-state index in [1.165, 1.54) is 13.1 Å². The standard InChI is InChI=1S/C10H9N3O4/c1-5-6(4-11)8(15)9(17-5)13-3-2-7(14)12-10(13)16/h2-3,8-9,15H,1H3,(H,12,14,16)/t8-,9+/m0/s1. The van der Waals surface area contributed by atoms with Gasteiger partial charge >= 0.3 is 5.69 Å². The molecule has 88 valence electrons. The number of aromatic nitrogens is 2. The summed E-state index contributed by atoms with van der Waals surface area (Å²) in [6.45, 7) is 1.53. The SMILES string of the molecule is CC1=C(C#N)[C@H](O)[C@H](n2ccc(=O)[nH]c2=O)O1. The van der Waals surface area contributed by atoms with Crippen LogP contribution in [0.5, 0.6) is 0 Å². The number of aromatic amines is 1. The van der Waals surface area contributed by atoms with Gasteiger partial charge in [-0.3, -0.25) is 14.3 Å². The molecule has 0 saturated heterocycles. The number of nitrogens with one attached hydrogen (secondary N) is 1. The van der Waals surface area contributed by atoms with Crippen LogP contribution in [0.3, 0.4) is 0 Å². The zero-order valence-corrected chi connectivity index (χ0v) is 8.88. The Morgan fingerprint density at radius 2 is 2.29 bits per heavy atom. The summed E-state index contributed by atoms with van der Waals surface area (Å²) in [5, 5.41) is 18.6. The van der Waals surface area contributed by atoms with Crippen molar-refractivity contribution in [1.82, 2.24) is 9.55 Å². The van der Waals surface area contributed by atoms with Gasteiger partial charge in [0.05, 0.1) is 0 Å². The van der Waals surface area contributed by atoms with E-state index in [2.05, 4.69) is 0 Å². The Kier molecular flexibility index (Phi) is 2.57. The number of rotatable bonds is 1. The molecule has 2 N–H and O–H groups in total. The molecule has 1 aliphatic rings. The van der Waals surface area contributed by atoms with Gasteiger partial charge in [0.15, 0.2) is 0 Å². The predicted octanol–water partition coefficient (Wildman–Crippen LogP) is -0.776. The minimum atomic E-state index is -1.22. The van der Waals surface area contributed by atoms with Crippen LogP contribution in [0.15, 0.2) is 33.2 Å². The monoisotopic (exact) mass is 235 g/mol. The average molecular weight is 235 g/mol. The number of aliphatic hydroxyl groups excluding tert-OH is 1. The Morgan fingerprint density at radius 1 is 1.59 bits per heavy atom. The number of nitriles is 1. The Labute approximate surface area is 95.2 Å². The summed E-state index contributed by atoms with van der Waals surface area (Å²) < 4.78 is 6.26. The lowest BCUT2D eigenvalue weighted by atomic mass is 10.1. The normalized spacial score (nSPS) is 23.4. The van der Waals surface area contributed by atoms with Crippen molar-refractivity contribution in [3.8, 4) is 6.07 Å². The number of hydrogen-bond acceptors (Lipinski definition) is 5. The van der Waals surface area contributed by atoms with Crippen LogP contribution in [0, 0.1) is 11.3 Å². The zero-order chi connectivity index (χ0) is 12.6. The van der Waals surface area contributed by atoms with E-state index in [0.29, 0.717) is 0 Å². The fourth-order valence-electron chi connectivity index (χ4n) is 1.64. The summed E-state index contributed by atoms with van der Waals surface area (Å²) in [6.07, 6.45) is -1.03. The predicted molar refractivity (Wildman–Crippen MR) is 55.8 cm³/mol. The second kappa shape index (κ2) is 3.92. The molecule has 7 nitrogen and oxygen atoms in total. The molecule has 0 fully saturated rings. The van der Waals surface area contributed by atoms with E-state index in [-0.39, 0.29) is 11.3 Å². The minimum Gasteiger partial charge on any atom is -0.470 e. The van der Waals surface area contributed by atoms with E-state index in [0.717, 1.165) is 10.6 Å². The first-order chi connectivity index (χ1) is 8.04. The molecule has 0 aromatic carbocycles. The van der Waals surface area contributed by atoms with Crippen LogP contribution in [0.2, 0.25) is 0 Å². The van der Waals surface area contributed by atoms with E-state index >= 15 is 0 Å². The van der Waals surface area contributed by atoms with Gasteiger partial charge in [0.2, 0.25) is 6.23 Å². The molecule has 2 heterocycles. The molecule has 0 amide bonds. The van der Waals surface area contributed by atoms with E-state index < -0.39 is 23.6 Å². The summed E-state index contributed by atoms with van der Waals surface area (Å²) >= 11 is 0. The Hall–Kier alpha value is -2.33. The van der Waals surface area contributed by atoms with Crippen LogP contribution < -0.4 is 11.2 Å². The molecule has 1 aliphatic heterocycles. The summed E-state index contributed by atoms with van der Waals surface area (Å²) in [7, 11) is 0. The van der Waals surface area contributed by atoms with Gasteiger partial charge in [-0.1, -0.05) is 0 Å². The van der Waals surface area contributed by atoms with Crippen molar-refractivity contribution >= 4 is 0 Å². The molecule has 1 aromatic heterocycles.